The maximum atomic E-state index is 14.5. The molecule has 70 heavy (non-hydrogen) atoms. The molecule has 0 radical (unpaired) electrons. The fourth-order valence-electron chi connectivity index (χ4n) is 7.26. The molecular formula is C43H64N12O13S2. The fraction of sp³-hybridized carbons (Fsp3) is 0.581. The first-order valence-corrected chi connectivity index (χ1v) is 25.0. The van der Waals surface area contributed by atoms with E-state index in [2.05, 4.69) is 37.2 Å². The summed E-state index contributed by atoms with van der Waals surface area (Å²) in [5.74, 6) is -12.7. The Labute approximate surface area is 411 Å². The lowest BCUT2D eigenvalue weighted by molar-refractivity contribution is -0.142. The van der Waals surface area contributed by atoms with Gasteiger partial charge in [-0.3, -0.25) is 57.5 Å². The van der Waals surface area contributed by atoms with Crippen molar-refractivity contribution in [2.75, 3.05) is 24.6 Å². The maximum Gasteiger partial charge on any atom is 0.251 e. The molecule has 3 rings (SSSR count). The predicted octanol–water partition coefficient (Wildman–Crippen LogP) is -3.97. The van der Waals surface area contributed by atoms with Crippen molar-refractivity contribution < 1.29 is 62.6 Å². The topological polar surface area (TPSA) is 417 Å². The molecule has 386 valence electrons. The van der Waals surface area contributed by atoms with Gasteiger partial charge in [-0.05, 0) is 61.8 Å². The van der Waals surface area contributed by atoms with E-state index >= 15 is 0 Å². The second-order valence-corrected chi connectivity index (χ2v) is 19.9. The summed E-state index contributed by atoms with van der Waals surface area (Å²) in [7, 11) is 1.90. The van der Waals surface area contributed by atoms with Crippen LogP contribution >= 0.6 is 21.6 Å². The number of nitrogens with zero attached hydrogens (tertiary/aromatic N) is 1. The summed E-state index contributed by atoms with van der Waals surface area (Å²) in [6.07, 6.45) is -0.884. The number of carbonyl (C=O) groups is 12. The third kappa shape index (κ3) is 17.8. The van der Waals surface area contributed by atoms with Crippen LogP contribution in [0.15, 0.2) is 24.3 Å². The van der Waals surface area contributed by atoms with Crippen molar-refractivity contribution in [3.8, 4) is 5.75 Å². The molecule has 27 heteroatoms. The van der Waals surface area contributed by atoms with E-state index in [9.17, 15) is 62.6 Å². The standard InChI is InChI=1S/C43H64N12O13S2/c1-5-21(4)33-41(66)49-25(12-13-30(45)57)38(63)50-27(16-31(46)58)39(64)52-28(43(68)55-14-6-7-29(55)40(65)51-26(15-20(2)3)37(62)48-17-32(47)59)19-70-69-18-24(44)36(61)54-34(42(67)53-33)35(60)22-8-10-23(56)11-9-22/h8-11,20-21,24-29,33-34,56H,5-7,12-19,44H2,1-4H3,(H2,45,57)(H2,46,58)(H2,47,59)(H,48,62)(H,49,66)(H,50,63)(H,51,65)(H,52,64)(H,53,67)(H,54,61)/t21-,24-,25-,26-,27-,28-,29-,33?,34-/m0/s1. The summed E-state index contributed by atoms with van der Waals surface area (Å²) < 4.78 is 0. The molecular weight excluding hydrogens is 957 g/mol. The Morgan fingerprint density at radius 3 is 2.01 bits per heavy atom. The molecule has 1 unspecified atom stereocenters. The third-order valence-corrected chi connectivity index (χ3v) is 13.7. The molecule has 0 aliphatic carbocycles. The van der Waals surface area contributed by atoms with Crippen molar-refractivity contribution >= 4 is 92.4 Å². The molecule has 2 heterocycles. The van der Waals surface area contributed by atoms with E-state index in [1.807, 2.05) is 0 Å². The van der Waals surface area contributed by atoms with Crippen LogP contribution in [0.4, 0.5) is 0 Å². The summed E-state index contributed by atoms with van der Waals surface area (Å²) in [6, 6.07) is -7.34. The van der Waals surface area contributed by atoms with Gasteiger partial charge in [0.05, 0.1) is 19.0 Å². The van der Waals surface area contributed by atoms with Crippen LogP contribution in [0.5, 0.6) is 5.75 Å². The number of ketones is 1. The third-order valence-electron chi connectivity index (χ3n) is 11.2. The van der Waals surface area contributed by atoms with Gasteiger partial charge in [0, 0.05) is 30.0 Å². The van der Waals surface area contributed by atoms with Gasteiger partial charge >= 0.3 is 0 Å². The Hall–Kier alpha value is -6.48. The van der Waals surface area contributed by atoms with E-state index in [-0.39, 0.29) is 54.5 Å². The molecule has 25 nitrogen and oxygen atoms in total. The summed E-state index contributed by atoms with van der Waals surface area (Å²) in [5, 5.41) is 27.0. The van der Waals surface area contributed by atoms with E-state index in [0.717, 1.165) is 21.6 Å². The SMILES string of the molecule is CC[C@H](C)C1NC(=O)[C@H](C(=O)c2ccc(O)cc2)NC(=O)[C@@H](N)CSSC[C@@H](C(=O)N2CCC[C@H]2C(=O)N[C@@H](CC(C)C)C(=O)NCC(N)=O)NC(=O)[C@H](CC(N)=O)NC(=O)[C@H](CCC(N)=O)NC1=O. The highest BCUT2D eigenvalue weighted by Crippen LogP contribution is 2.26. The lowest BCUT2D eigenvalue weighted by Crippen LogP contribution is -2.62. The molecule has 16 N–H and O–H groups in total. The molecule has 2 aliphatic rings. The van der Waals surface area contributed by atoms with Crippen molar-refractivity contribution in [3.05, 3.63) is 29.8 Å². The number of nitrogens with one attached hydrogen (secondary N) is 7. The van der Waals surface area contributed by atoms with Crippen molar-refractivity contribution in [1.82, 2.24) is 42.1 Å². The second kappa shape index (κ2) is 27.6. The van der Waals surface area contributed by atoms with E-state index in [1.54, 1.807) is 27.7 Å². The molecule has 0 saturated carbocycles. The number of hydrogen-bond acceptors (Lipinski definition) is 16. The smallest absolute Gasteiger partial charge is 0.251 e. The van der Waals surface area contributed by atoms with Crippen LogP contribution in [0.1, 0.15) is 83.0 Å². The first kappa shape index (κ1) is 57.8. The molecule has 0 spiro atoms. The maximum absolute atomic E-state index is 14.5. The number of phenolic OH excluding ortho intramolecular Hbond substituents is 1. The van der Waals surface area contributed by atoms with Gasteiger partial charge in [-0.15, -0.1) is 0 Å². The van der Waals surface area contributed by atoms with Gasteiger partial charge < -0.3 is 70.2 Å². The molecule has 1 aromatic rings. The van der Waals surface area contributed by atoms with Gasteiger partial charge in [0.15, 0.2) is 11.8 Å². The van der Waals surface area contributed by atoms with Crippen LogP contribution in [0.2, 0.25) is 0 Å². The van der Waals surface area contributed by atoms with Crippen LogP contribution in [0.3, 0.4) is 0 Å². The molecule has 2 aliphatic heterocycles. The number of likely N-dealkylation sites (tertiary alicyclic amines) is 1. The molecule has 9 atom stereocenters. The number of benzene rings is 1. The highest BCUT2D eigenvalue weighted by Gasteiger charge is 2.41. The number of nitrogens with two attached hydrogens (primary N) is 4. The molecule has 0 bridgehead atoms. The Bertz CT molecular complexity index is 2130. The first-order valence-electron chi connectivity index (χ1n) is 22.5. The normalized spacial score (nSPS) is 24.1. The highest BCUT2D eigenvalue weighted by atomic mass is 33.1. The minimum Gasteiger partial charge on any atom is -0.508 e. The number of rotatable bonds is 17. The van der Waals surface area contributed by atoms with E-state index < -0.39 is 151 Å². The first-order chi connectivity index (χ1) is 32.9. The Morgan fingerprint density at radius 1 is 0.786 bits per heavy atom. The summed E-state index contributed by atoms with van der Waals surface area (Å²) in [5.41, 5.74) is 22.2. The zero-order valence-corrected chi connectivity index (χ0v) is 40.9. The minimum atomic E-state index is -1.98. The number of Topliss-reactive ketones (excluding diaryl/α,β-unsaturated/α-hetero) is 1. The molecule has 2 saturated heterocycles. The lowest BCUT2D eigenvalue weighted by Gasteiger charge is -2.31. The number of primary amides is 3. The van der Waals surface area contributed by atoms with Gasteiger partial charge in [-0.25, -0.2) is 0 Å². The summed E-state index contributed by atoms with van der Waals surface area (Å²) in [4.78, 5) is 162. The Morgan fingerprint density at radius 2 is 1.41 bits per heavy atom. The minimum absolute atomic E-state index is 0.0206. The van der Waals surface area contributed by atoms with Crippen LogP contribution in [-0.4, -0.2) is 154 Å². The number of carbonyl (C=O) groups excluding carboxylic acids is 12. The number of amides is 11. The van der Waals surface area contributed by atoms with Gasteiger partial charge in [0.1, 0.15) is 42.0 Å². The van der Waals surface area contributed by atoms with Crippen molar-refractivity contribution in [2.45, 2.75) is 121 Å². The zero-order chi connectivity index (χ0) is 52.4. The number of hydrogen-bond donors (Lipinski definition) is 12. The molecule has 1 aromatic carbocycles. The van der Waals surface area contributed by atoms with Crippen LogP contribution in [-0.2, 0) is 52.7 Å². The van der Waals surface area contributed by atoms with Crippen molar-refractivity contribution in [2.24, 2.45) is 34.8 Å². The predicted molar refractivity (Wildman–Crippen MR) is 255 cm³/mol. The molecule has 11 amide bonds. The summed E-state index contributed by atoms with van der Waals surface area (Å²) >= 11 is 0. The van der Waals surface area contributed by atoms with Gasteiger partial charge in [-0.1, -0.05) is 55.7 Å². The molecule has 0 aromatic heterocycles. The van der Waals surface area contributed by atoms with E-state index in [0.29, 0.717) is 6.42 Å². The van der Waals surface area contributed by atoms with Crippen LogP contribution < -0.4 is 60.2 Å². The van der Waals surface area contributed by atoms with Gasteiger partial charge in [-0.2, -0.15) is 0 Å². The average molecular weight is 1020 g/mol. The van der Waals surface area contributed by atoms with Gasteiger partial charge in [0.2, 0.25) is 59.1 Å². The average Bonchev–Trinajstić information content (AvgIpc) is 3.80. The van der Waals surface area contributed by atoms with E-state index in [4.69, 9.17) is 22.9 Å². The Kier molecular flexibility index (Phi) is 22.8. The number of phenols is 1. The quantitative estimate of drug-likeness (QED) is 0.0402. The monoisotopic (exact) mass is 1020 g/mol. The zero-order valence-electron chi connectivity index (χ0n) is 39.3. The highest BCUT2D eigenvalue weighted by molar-refractivity contribution is 8.76. The summed E-state index contributed by atoms with van der Waals surface area (Å²) in [6.45, 7) is 6.39. The van der Waals surface area contributed by atoms with Crippen LogP contribution in [0, 0.1) is 11.8 Å². The molecule has 2 fully saturated rings. The van der Waals surface area contributed by atoms with Crippen molar-refractivity contribution in [1.29, 1.82) is 0 Å². The Balaban J connectivity index is 2.08. The van der Waals surface area contributed by atoms with E-state index in [1.165, 1.54) is 29.2 Å². The van der Waals surface area contributed by atoms with Gasteiger partial charge in [0.25, 0.3) is 5.91 Å². The number of aromatic hydroxyl groups is 1. The largest absolute Gasteiger partial charge is 0.508 e. The second-order valence-electron chi connectivity index (χ2n) is 17.3. The van der Waals surface area contributed by atoms with Crippen LogP contribution in [0.25, 0.3) is 0 Å². The fourth-order valence-corrected chi connectivity index (χ4v) is 9.54. The van der Waals surface area contributed by atoms with Crippen molar-refractivity contribution in [3.63, 3.8) is 0 Å². The lowest BCUT2D eigenvalue weighted by atomic mass is 9.96.